The molecule has 3 atom stereocenters. The van der Waals surface area contributed by atoms with Crippen molar-refractivity contribution >= 4 is 27.3 Å². The van der Waals surface area contributed by atoms with E-state index in [1.165, 1.54) is 43.1 Å². The molecule has 0 radical (unpaired) electrons. The van der Waals surface area contributed by atoms with Crippen LogP contribution in [-0.4, -0.2) is 13.1 Å². The Morgan fingerprint density at radius 2 is 2.30 bits per heavy atom. The van der Waals surface area contributed by atoms with Gasteiger partial charge in [-0.1, -0.05) is 20.3 Å². The monoisotopic (exact) mass is 355 g/mol. The molecule has 2 fully saturated rings. The van der Waals surface area contributed by atoms with E-state index in [-0.39, 0.29) is 0 Å². The minimum Gasteiger partial charge on any atom is -0.316 e. The average molecular weight is 356 g/mol. The smallest absolute Gasteiger partial charge is 0.0285 e. The fourth-order valence-electron chi connectivity index (χ4n) is 4.46. The van der Waals surface area contributed by atoms with Gasteiger partial charge in [-0.15, -0.1) is 11.3 Å². The molecule has 2 bridgehead atoms. The van der Waals surface area contributed by atoms with Gasteiger partial charge in [0.2, 0.25) is 0 Å². The molecule has 2 aliphatic rings. The molecule has 1 N–H and O–H groups in total. The van der Waals surface area contributed by atoms with Gasteiger partial charge in [-0.2, -0.15) is 0 Å². The van der Waals surface area contributed by atoms with Gasteiger partial charge in [-0.3, -0.25) is 0 Å². The maximum atomic E-state index is 3.77. The third-order valence-corrected chi connectivity index (χ3v) is 6.98. The zero-order valence-electron chi connectivity index (χ0n) is 12.6. The van der Waals surface area contributed by atoms with Crippen LogP contribution in [0.1, 0.15) is 44.4 Å². The molecule has 3 unspecified atom stereocenters. The molecule has 3 heteroatoms. The molecule has 2 aliphatic carbocycles. The molecule has 1 aromatic rings. The van der Waals surface area contributed by atoms with Crippen LogP contribution in [0.25, 0.3) is 0 Å². The Kier molecular flexibility index (Phi) is 4.59. The summed E-state index contributed by atoms with van der Waals surface area (Å²) in [6.07, 6.45) is 7.20. The number of halogens is 1. The Labute approximate surface area is 135 Å². The van der Waals surface area contributed by atoms with Crippen LogP contribution >= 0.6 is 27.3 Å². The summed E-state index contributed by atoms with van der Waals surface area (Å²) in [6.45, 7) is 6.99. The van der Waals surface area contributed by atoms with E-state index in [0.717, 1.165) is 24.3 Å². The SMILES string of the molecule is CC(C)CNCC1(Cc2cc(Br)cs2)CC2CCC1C2. The predicted molar refractivity (Wildman–Crippen MR) is 91.3 cm³/mol. The summed E-state index contributed by atoms with van der Waals surface area (Å²) in [6, 6.07) is 2.33. The van der Waals surface area contributed by atoms with Crippen LogP contribution in [0.5, 0.6) is 0 Å². The Morgan fingerprint density at radius 1 is 1.45 bits per heavy atom. The largest absolute Gasteiger partial charge is 0.316 e. The van der Waals surface area contributed by atoms with Gasteiger partial charge >= 0.3 is 0 Å². The highest BCUT2D eigenvalue weighted by molar-refractivity contribution is 9.10. The average Bonchev–Trinajstić information content (AvgIpc) is 3.05. The third kappa shape index (κ3) is 3.15. The van der Waals surface area contributed by atoms with Crippen molar-refractivity contribution in [3.63, 3.8) is 0 Å². The molecule has 0 spiro atoms. The Hall–Kier alpha value is 0.140. The summed E-state index contributed by atoms with van der Waals surface area (Å²) >= 11 is 5.53. The number of thiophene rings is 1. The van der Waals surface area contributed by atoms with Crippen LogP contribution < -0.4 is 5.32 Å². The number of hydrogen-bond acceptors (Lipinski definition) is 2. The summed E-state index contributed by atoms with van der Waals surface area (Å²) < 4.78 is 1.26. The minimum absolute atomic E-state index is 0.544. The first kappa shape index (κ1) is 15.1. The predicted octanol–water partition coefficient (Wildman–Crippen LogP) is 5.11. The van der Waals surface area contributed by atoms with Crippen LogP contribution in [0.3, 0.4) is 0 Å². The molecule has 2 saturated carbocycles. The maximum absolute atomic E-state index is 3.77. The molecule has 0 saturated heterocycles. The summed E-state index contributed by atoms with van der Waals surface area (Å²) in [5, 5.41) is 6.01. The van der Waals surface area contributed by atoms with Crippen molar-refractivity contribution in [3.05, 3.63) is 20.8 Å². The van der Waals surface area contributed by atoms with E-state index in [1.807, 2.05) is 11.3 Å². The van der Waals surface area contributed by atoms with E-state index in [2.05, 4.69) is 46.5 Å². The van der Waals surface area contributed by atoms with E-state index in [9.17, 15) is 0 Å². The Morgan fingerprint density at radius 3 is 2.85 bits per heavy atom. The lowest BCUT2D eigenvalue weighted by atomic mass is 9.70. The Bertz CT molecular complexity index is 456. The molecule has 0 amide bonds. The second kappa shape index (κ2) is 6.10. The zero-order valence-corrected chi connectivity index (χ0v) is 15.0. The first-order valence-corrected chi connectivity index (χ1v) is 9.68. The second-order valence-corrected chi connectivity index (χ2v) is 9.29. The standard InChI is InChI=1S/C17H26BrNS/c1-12(2)9-19-11-17(7-13-3-4-14(17)5-13)8-16-6-15(18)10-20-16/h6,10,12-14,19H,3-5,7-9,11H2,1-2H3. The Balaban J connectivity index is 1.70. The first-order valence-electron chi connectivity index (χ1n) is 8.01. The molecule has 1 nitrogen and oxygen atoms in total. The zero-order chi connectivity index (χ0) is 14.2. The topological polar surface area (TPSA) is 12.0 Å². The summed E-state index contributed by atoms with van der Waals surface area (Å²) in [5.41, 5.74) is 0.544. The van der Waals surface area contributed by atoms with Gasteiger partial charge in [0.15, 0.2) is 0 Å². The van der Waals surface area contributed by atoms with Crippen LogP contribution in [0.4, 0.5) is 0 Å². The molecule has 1 heterocycles. The maximum Gasteiger partial charge on any atom is 0.0285 e. The van der Waals surface area contributed by atoms with Crippen LogP contribution in [0.2, 0.25) is 0 Å². The fourth-order valence-corrected chi connectivity index (χ4v) is 6.06. The molecule has 3 rings (SSSR count). The van der Waals surface area contributed by atoms with E-state index in [4.69, 9.17) is 0 Å². The molecular weight excluding hydrogens is 330 g/mol. The van der Waals surface area contributed by atoms with Gasteiger partial charge in [-0.05, 0) is 77.4 Å². The second-order valence-electron chi connectivity index (χ2n) is 7.38. The highest BCUT2D eigenvalue weighted by atomic mass is 79.9. The highest BCUT2D eigenvalue weighted by Gasteiger charge is 2.50. The number of nitrogens with one attached hydrogen (secondary N) is 1. The van der Waals surface area contributed by atoms with Crippen molar-refractivity contribution in [2.45, 2.75) is 46.0 Å². The van der Waals surface area contributed by atoms with Crippen molar-refractivity contribution in [3.8, 4) is 0 Å². The van der Waals surface area contributed by atoms with Gasteiger partial charge in [-0.25, -0.2) is 0 Å². The molecule has 0 aromatic carbocycles. The quantitative estimate of drug-likeness (QED) is 0.747. The summed E-state index contributed by atoms with van der Waals surface area (Å²) in [7, 11) is 0. The highest BCUT2D eigenvalue weighted by Crippen LogP contribution is 2.57. The van der Waals surface area contributed by atoms with E-state index in [1.54, 1.807) is 4.88 Å². The van der Waals surface area contributed by atoms with Gasteiger partial charge in [0, 0.05) is 21.3 Å². The first-order chi connectivity index (χ1) is 9.57. The molecule has 0 aliphatic heterocycles. The lowest BCUT2D eigenvalue weighted by Crippen LogP contribution is -2.41. The molecular formula is C17H26BrNS. The van der Waals surface area contributed by atoms with Gasteiger partial charge in [0.25, 0.3) is 0 Å². The lowest BCUT2D eigenvalue weighted by Gasteiger charge is -2.38. The van der Waals surface area contributed by atoms with E-state index in [0.29, 0.717) is 5.41 Å². The van der Waals surface area contributed by atoms with Crippen molar-refractivity contribution in [1.29, 1.82) is 0 Å². The van der Waals surface area contributed by atoms with Crippen molar-refractivity contribution in [2.24, 2.45) is 23.2 Å². The van der Waals surface area contributed by atoms with Crippen molar-refractivity contribution < 1.29 is 0 Å². The number of hydrogen-bond donors (Lipinski definition) is 1. The van der Waals surface area contributed by atoms with Gasteiger partial charge < -0.3 is 5.32 Å². The third-order valence-electron chi connectivity index (χ3n) is 5.28. The molecule has 20 heavy (non-hydrogen) atoms. The summed E-state index contributed by atoms with van der Waals surface area (Å²) in [5.74, 6) is 2.74. The normalized spacial score (nSPS) is 32.4. The van der Waals surface area contributed by atoms with Crippen LogP contribution in [0.15, 0.2) is 15.9 Å². The summed E-state index contributed by atoms with van der Waals surface area (Å²) in [4.78, 5) is 1.57. The van der Waals surface area contributed by atoms with Crippen LogP contribution in [-0.2, 0) is 6.42 Å². The van der Waals surface area contributed by atoms with Crippen LogP contribution in [0, 0.1) is 23.2 Å². The fraction of sp³-hybridized carbons (Fsp3) is 0.765. The number of fused-ring (bicyclic) bond motifs is 2. The van der Waals surface area contributed by atoms with Crippen molar-refractivity contribution in [2.75, 3.05) is 13.1 Å². The van der Waals surface area contributed by atoms with Gasteiger partial charge in [0.1, 0.15) is 0 Å². The molecule has 112 valence electrons. The molecule has 1 aromatic heterocycles. The van der Waals surface area contributed by atoms with E-state index < -0.39 is 0 Å². The van der Waals surface area contributed by atoms with Gasteiger partial charge in [0.05, 0.1) is 0 Å². The van der Waals surface area contributed by atoms with Crippen molar-refractivity contribution in [1.82, 2.24) is 5.32 Å². The lowest BCUT2D eigenvalue weighted by molar-refractivity contribution is 0.156. The van der Waals surface area contributed by atoms with E-state index >= 15 is 0 Å². The number of rotatable bonds is 6. The minimum atomic E-state index is 0.544.